The van der Waals surface area contributed by atoms with E-state index in [0.29, 0.717) is 11.3 Å². The number of aryl methyl sites for hydroxylation is 1. The number of hydrogen-bond donors (Lipinski definition) is 1. The number of aromatic amines is 1. The van der Waals surface area contributed by atoms with Crippen molar-refractivity contribution in [3.05, 3.63) is 81.5 Å². The lowest BCUT2D eigenvalue weighted by atomic mass is 10.1. The Labute approximate surface area is 143 Å². The molecule has 0 amide bonds. The van der Waals surface area contributed by atoms with Gasteiger partial charge >= 0.3 is 5.97 Å². The van der Waals surface area contributed by atoms with Gasteiger partial charge in [0.2, 0.25) is 0 Å². The second-order valence-electron chi connectivity index (χ2n) is 5.53. The lowest BCUT2D eigenvalue weighted by Gasteiger charge is -2.03. The second kappa shape index (κ2) is 6.96. The zero-order valence-corrected chi connectivity index (χ0v) is 13.4. The first-order valence-electron chi connectivity index (χ1n) is 7.56. The van der Waals surface area contributed by atoms with Gasteiger partial charge < -0.3 is 4.74 Å². The van der Waals surface area contributed by atoms with Crippen molar-refractivity contribution in [1.29, 1.82) is 0 Å². The molecule has 3 rings (SSSR count). The van der Waals surface area contributed by atoms with E-state index < -0.39 is 10.9 Å². The number of rotatable bonds is 5. The molecular weight excluding hydrogens is 322 g/mol. The Morgan fingerprint density at radius 1 is 1.16 bits per heavy atom. The number of carbonyl (C=O) groups excluding carboxylic acids is 1. The van der Waals surface area contributed by atoms with Crippen molar-refractivity contribution in [3.8, 4) is 11.3 Å². The number of esters is 1. The fourth-order valence-corrected chi connectivity index (χ4v) is 2.24. The average molecular weight is 337 g/mol. The molecule has 0 aliphatic rings. The monoisotopic (exact) mass is 337 g/mol. The molecule has 0 radical (unpaired) electrons. The first kappa shape index (κ1) is 16.4. The molecule has 7 nitrogen and oxygen atoms in total. The number of nitrogens with zero attached hydrogens (tertiary/aromatic N) is 2. The number of aromatic nitrogens is 2. The third-order valence-electron chi connectivity index (χ3n) is 3.66. The third kappa shape index (κ3) is 3.89. The summed E-state index contributed by atoms with van der Waals surface area (Å²) >= 11 is 0. The number of nitrogens with one attached hydrogen (secondary N) is 1. The van der Waals surface area contributed by atoms with E-state index in [9.17, 15) is 14.9 Å². The molecule has 0 unspecified atom stereocenters. The molecule has 0 saturated heterocycles. The summed E-state index contributed by atoms with van der Waals surface area (Å²) in [7, 11) is 0. The van der Waals surface area contributed by atoms with Gasteiger partial charge in [0.05, 0.1) is 10.6 Å². The van der Waals surface area contributed by atoms with Crippen LogP contribution in [0.15, 0.2) is 54.6 Å². The fourth-order valence-electron chi connectivity index (χ4n) is 2.24. The predicted octanol–water partition coefficient (Wildman–Crippen LogP) is 3.65. The molecule has 0 spiro atoms. The van der Waals surface area contributed by atoms with Crippen LogP contribution in [0.3, 0.4) is 0 Å². The first-order valence-corrected chi connectivity index (χ1v) is 7.56. The van der Waals surface area contributed by atoms with Crippen molar-refractivity contribution in [2.24, 2.45) is 0 Å². The summed E-state index contributed by atoms with van der Waals surface area (Å²) in [5, 5.41) is 17.4. The Hall–Kier alpha value is -3.48. The summed E-state index contributed by atoms with van der Waals surface area (Å²) in [6.45, 7) is 2.02. The zero-order chi connectivity index (χ0) is 17.8. The maximum atomic E-state index is 12.1. The standard InChI is InChI=1S/C18H15N3O4/c1-12-2-6-14(7-3-12)16-10-17(20-19-16)18(22)25-11-13-4-8-15(9-5-13)21(23)24/h2-10H,11H2,1H3,(H,19,20). The van der Waals surface area contributed by atoms with Crippen LogP contribution in [0.2, 0.25) is 0 Å². The SMILES string of the molecule is Cc1ccc(-c2cc(C(=O)OCc3ccc([N+](=O)[O-])cc3)[nH]n2)cc1. The van der Waals surface area contributed by atoms with Crippen molar-refractivity contribution in [3.63, 3.8) is 0 Å². The number of hydrogen-bond acceptors (Lipinski definition) is 5. The molecule has 7 heteroatoms. The average Bonchev–Trinajstić information content (AvgIpc) is 3.11. The first-order chi connectivity index (χ1) is 12.0. The van der Waals surface area contributed by atoms with E-state index in [0.717, 1.165) is 11.1 Å². The van der Waals surface area contributed by atoms with Crippen LogP contribution in [0, 0.1) is 17.0 Å². The van der Waals surface area contributed by atoms with E-state index in [1.807, 2.05) is 31.2 Å². The van der Waals surface area contributed by atoms with Gasteiger partial charge in [-0.25, -0.2) is 4.79 Å². The topological polar surface area (TPSA) is 98.1 Å². The van der Waals surface area contributed by atoms with Gasteiger partial charge in [-0.1, -0.05) is 29.8 Å². The molecule has 2 aromatic carbocycles. The van der Waals surface area contributed by atoms with Gasteiger partial charge in [0.1, 0.15) is 12.3 Å². The fraction of sp³-hybridized carbons (Fsp3) is 0.111. The highest BCUT2D eigenvalue weighted by atomic mass is 16.6. The van der Waals surface area contributed by atoms with Gasteiger partial charge in [-0.2, -0.15) is 5.10 Å². The summed E-state index contributed by atoms with van der Waals surface area (Å²) in [6, 6.07) is 15.3. The molecule has 0 fully saturated rings. The molecule has 25 heavy (non-hydrogen) atoms. The summed E-state index contributed by atoms with van der Waals surface area (Å²) in [5.41, 5.74) is 3.60. The quantitative estimate of drug-likeness (QED) is 0.435. The largest absolute Gasteiger partial charge is 0.456 e. The summed E-state index contributed by atoms with van der Waals surface area (Å²) < 4.78 is 5.20. The molecule has 0 aliphatic carbocycles. The minimum Gasteiger partial charge on any atom is -0.456 e. The minimum atomic E-state index is -0.538. The van der Waals surface area contributed by atoms with E-state index in [1.165, 1.54) is 12.1 Å². The van der Waals surface area contributed by atoms with E-state index in [-0.39, 0.29) is 18.0 Å². The van der Waals surface area contributed by atoms with Gasteiger partial charge in [0, 0.05) is 17.7 Å². The number of ether oxygens (including phenoxy) is 1. The minimum absolute atomic E-state index is 0.00798. The molecule has 1 aromatic heterocycles. The molecule has 0 aliphatic heterocycles. The maximum Gasteiger partial charge on any atom is 0.356 e. The number of nitro groups is 1. The van der Waals surface area contributed by atoms with Crippen LogP contribution < -0.4 is 0 Å². The highest BCUT2D eigenvalue weighted by Gasteiger charge is 2.13. The summed E-state index contributed by atoms with van der Waals surface area (Å²) in [5.74, 6) is -0.538. The Balaban J connectivity index is 1.63. The van der Waals surface area contributed by atoms with Gasteiger partial charge in [-0.3, -0.25) is 15.2 Å². The summed E-state index contributed by atoms with van der Waals surface area (Å²) in [6.07, 6.45) is 0. The highest BCUT2D eigenvalue weighted by Crippen LogP contribution is 2.19. The zero-order valence-electron chi connectivity index (χ0n) is 13.4. The number of nitro benzene ring substituents is 1. The Bertz CT molecular complexity index is 899. The maximum absolute atomic E-state index is 12.1. The van der Waals surface area contributed by atoms with Crippen LogP contribution >= 0.6 is 0 Å². The lowest BCUT2D eigenvalue weighted by Crippen LogP contribution is -2.05. The van der Waals surface area contributed by atoms with E-state index in [1.54, 1.807) is 18.2 Å². The van der Waals surface area contributed by atoms with Crippen LogP contribution in [-0.2, 0) is 11.3 Å². The molecule has 1 heterocycles. The van der Waals surface area contributed by atoms with Crippen LogP contribution in [0.5, 0.6) is 0 Å². The molecule has 0 bridgehead atoms. The molecular formula is C18H15N3O4. The molecule has 0 saturated carbocycles. The normalized spacial score (nSPS) is 10.4. The number of carbonyl (C=O) groups is 1. The van der Waals surface area contributed by atoms with Crippen molar-refractivity contribution < 1.29 is 14.5 Å². The molecule has 3 aromatic rings. The van der Waals surface area contributed by atoms with Gasteiger partial charge in [0.25, 0.3) is 5.69 Å². The van der Waals surface area contributed by atoms with Crippen molar-refractivity contribution in [2.45, 2.75) is 13.5 Å². The smallest absolute Gasteiger partial charge is 0.356 e. The number of non-ortho nitro benzene ring substituents is 1. The van der Waals surface area contributed by atoms with E-state index in [2.05, 4.69) is 10.2 Å². The van der Waals surface area contributed by atoms with Crippen LogP contribution in [0.1, 0.15) is 21.6 Å². The Morgan fingerprint density at radius 3 is 2.48 bits per heavy atom. The number of H-pyrrole nitrogens is 1. The van der Waals surface area contributed by atoms with Crippen LogP contribution in [-0.4, -0.2) is 21.1 Å². The van der Waals surface area contributed by atoms with E-state index in [4.69, 9.17) is 4.74 Å². The lowest BCUT2D eigenvalue weighted by molar-refractivity contribution is -0.384. The predicted molar refractivity (Wildman–Crippen MR) is 91.0 cm³/mol. The van der Waals surface area contributed by atoms with Gasteiger partial charge in [-0.15, -0.1) is 0 Å². The van der Waals surface area contributed by atoms with Crippen LogP contribution in [0.4, 0.5) is 5.69 Å². The molecule has 1 N–H and O–H groups in total. The molecule has 126 valence electrons. The van der Waals surface area contributed by atoms with Gasteiger partial charge in [0.15, 0.2) is 0 Å². The van der Waals surface area contributed by atoms with Crippen molar-refractivity contribution in [2.75, 3.05) is 0 Å². The molecule has 0 atom stereocenters. The van der Waals surface area contributed by atoms with Crippen LogP contribution in [0.25, 0.3) is 11.3 Å². The number of benzene rings is 2. The second-order valence-corrected chi connectivity index (χ2v) is 5.53. The Morgan fingerprint density at radius 2 is 1.84 bits per heavy atom. The van der Waals surface area contributed by atoms with Crippen molar-refractivity contribution in [1.82, 2.24) is 10.2 Å². The van der Waals surface area contributed by atoms with E-state index >= 15 is 0 Å². The van der Waals surface area contributed by atoms with Crippen molar-refractivity contribution >= 4 is 11.7 Å². The third-order valence-corrected chi connectivity index (χ3v) is 3.66. The van der Waals surface area contributed by atoms with Gasteiger partial charge in [-0.05, 0) is 30.7 Å². The summed E-state index contributed by atoms with van der Waals surface area (Å²) in [4.78, 5) is 22.2. The Kier molecular flexibility index (Phi) is 4.56. The highest BCUT2D eigenvalue weighted by molar-refractivity contribution is 5.88.